The molecule has 2 amide bonds. The van der Waals surface area contributed by atoms with Gasteiger partial charge in [-0.1, -0.05) is 78.5 Å². The van der Waals surface area contributed by atoms with Crippen LogP contribution in [0.2, 0.25) is 0 Å². The van der Waals surface area contributed by atoms with Gasteiger partial charge < -0.3 is 28.6 Å². The number of fused-ring (bicyclic) bond motifs is 4. The Labute approximate surface area is 494 Å². The van der Waals surface area contributed by atoms with Gasteiger partial charge in [-0.3, -0.25) is 14.4 Å². The van der Waals surface area contributed by atoms with Crippen molar-refractivity contribution in [1.29, 1.82) is 0 Å². The zero-order valence-corrected chi connectivity index (χ0v) is 50.3. The van der Waals surface area contributed by atoms with Crippen LogP contribution in [0.25, 0.3) is 28.1 Å². The van der Waals surface area contributed by atoms with Gasteiger partial charge in [0.1, 0.15) is 11.0 Å². The van der Waals surface area contributed by atoms with Crippen LogP contribution in [-0.2, 0) is 68.4 Å². The lowest BCUT2D eigenvalue weighted by Gasteiger charge is -2.32. The third kappa shape index (κ3) is 12.9. The number of carbonyl (C=O) groups is 4. The molecule has 0 saturated carbocycles. The summed E-state index contributed by atoms with van der Waals surface area (Å²) < 4.78 is 25.5. The van der Waals surface area contributed by atoms with E-state index in [9.17, 15) is 19.2 Å². The molecule has 0 radical (unpaired) electrons. The van der Waals surface area contributed by atoms with Gasteiger partial charge in [0.05, 0.1) is 42.9 Å². The molecule has 1 unspecified atom stereocenters. The molecule has 3 aliphatic heterocycles. The number of nitrogens with zero attached hydrogens (tertiary/aromatic N) is 8. The van der Waals surface area contributed by atoms with Crippen LogP contribution in [0, 0.1) is 41.5 Å². The van der Waals surface area contributed by atoms with Gasteiger partial charge in [0.25, 0.3) is 11.8 Å². The number of aryl methyl sites for hydroxylation is 8. The number of aromatic nitrogens is 6. The fourth-order valence-corrected chi connectivity index (χ4v) is 10.9. The van der Waals surface area contributed by atoms with Crippen molar-refractivity contribution in [2.45, 2.75) is 126 Å². The number of esters is 2. The van der Waals surface area contributed by atoms with Crippen LogP contribution in [0.5, 0.6) is 0 Å². The van der Waals surface area contributed by atoms with Crippen molar-refractivity contribution in [2.24, 2.45) is 14.1 Å². The van der Waals surface area contributed by atoms with E-state index in [1.807, 2.05) is 99.3 Å². The molecule has 438 valence electrons. The smallest absolute Gasteiger partial charge is 0.469 e. The number of benzene rings is 6. The highest BCUT2D eigenvalue weighted by molar-refractivity contribution is 6.62. The Morgan fingerprint density at radius 3 is 1.64 bits per heavy atom. The standard InChI is InChI=1S/C30H32N4O3.C24H30BNO3.C12H13N3O2.CH4/c1-18-6-7-23(14-19(18)2)30(36)34-13-12-21-8-9-22(15-24(21)17-34)26(16-28(35)37-5)25-10-11-27-29(20(25)3)31-32-33(27)4;1-16-7-8-19(13-17(16)2)22(27)26-12-11-18-9-10-21(14-20(18)15-26)25-28-23(3,4)24(5,6)29-25;1-8-9(5-7-11(16)17-3)4-6-10-12(8)13-14-15(10)2;/h6-11,14-15,26H,12-13,16-17H2,1-5H3;7-10,13-14H,11-12,15H2,1-6H3;4-7H,1-3H3;1H4/b;;7-5+;. The van der Waals surface area contributed by atoms with Crippen molar-refractivity contribution in [3.63, 3.8) is 0 Å². The summed E-state index contributed by atoms with van der Waals surface area (Å²) in [6.45, 7) is 23.0. The van der Waals surface area contributed by atoms with E-state index in [1.165, 1.54) is 48.1 Å². The average molecular weight is 1140 g/mol. The number of carbonyl (C=O) groups excluding carboxylic acids is 4. The minimum atomic E-state index is -0.379. The van der Waals surface area contributed by atoms with E-state index in [2.05, 4.69) is 116 Å². The Kier molecular flexibility index (Phi) is 18.6. The SMILES string of the molecule is C.COC(=O)/C=C/c1ccc2c(nnn2C)c1C.COC(=O)CC(c1ccc2c(c1)CN(C(=O)c1ccc(C)c(C)c1)CC2)c1ccc2c(nnn2C)c1C.Cc1ccc(C(=O)N2CCc3ccc(B4OC(C)(C)C(C)(C)O4)cc3C2)cc1C. The summed E-state index contributed by atoms with van der Waals surface area (Å²) in [5.74, 6) is -0.694. The van der Waals surface area contributed by atoms with E-state index in [4.69, 9.17) is 14.0 Å². The monoisotopic (exact) mass is 1130 g/mol. The van der Waals surface area contributed by atoms with E-state index in [0.717, 1.165) is 103 Å². The third-order valence-electron chi connectivity index (χ3n) is 17.2. The molecule has 5 heterocycles. The zero-order valence-electron chi connectivity index (χ0n) is 50.3. The fraction of sp³-hybridized carbons (Fsp3) is 0.373. The zero-order chi connectivity index (χ0) is 59.7. The second kappa shape index (κ2) is 25.3. The highest BCUT2D eigenvalue weighted by atomic mass is 16.7. The predicted molar refractivity (Wildman–Crippen MR) is 330 cm³/mol. The summed E-state index contributed by atoms with van der Waals surface area (Å²) in [6, 6.07) is 32.6. The van der Waals surface area contributed by atoms with Crippen molar-refractivity contribution < 1.29 is 38.0 Å². The van der Waals surface area contributed by atoms with Crippen molar-refractivity contribution in [3.8, 4) is 0 Å². The van der Waals surface area contributed by atoms with Gasteiger partial charge in [-0.2, -0.15) is 0 Å². The van der Waals surface area contributed by atoms with E-state index in [-0.39, 0.29) is 61.8 Å². The van der Waals surface area contributed by atoms with Crippen LogP contribution in [0.15, 0.2) is 103 Å². The van der Waals surface area contributed by atoms with Crippen molar-refractivity contribution >= 4 is 64.5 Å². The first-order valence-electron chi connectivity index (χ1n) is 28.2. The maximum Gasteiger partial charge on any atom is 0.494 e. The minimum Gasteiger partial charge on any atom is -0.469 e. The first-order chi connectivity index (χ1) is 39.5. The summed E-state index contributed by atoms with van der Waals surface area (Å²) in [5, 5.41) is 16.6. The maximum absolute atomic E-state index is 13.3. The van der Waals surface area contributed by atoms with Crippen LogP contribution in [-0.4, -0.2) is 109 Å². The Hall–Kier alpha value is -8.28. The fourth-order valence-electron chi connectivity index (χ4n) is 10.9. The molecule has 3 aliphatic rings. The summed E-state index contributed by atoms with van der Waals surface area (Å²) in [5.41, 5.74) is 19.8. The largest absolute Gasteiger partial charge is 0.494 e. The molecule has 0 N–H and O–H groups in total. The first-order valence-corrected chi connectivity index (χ1v) is 28.2. The number of rotatable bonds is 9. The first kappa shape index (κ1) is 61.8. The molecular formula is C67H79BN8O8. The number of methoxy groups -OCH3 is 2. The predicted octanol–water partition coefficient (Wildman–Crippen LogP) is 10.7. The minimum absolute atomic E-state index is 0. The number of ether oxygens (including phenoxy) is 2. The van der Waals surface area contributed by atoms with E-state index < -0.39 is 0 Å². The molecule has 17 heteroatoms. The second-order valence-corrected chi connectivity index (χ2v) is 23.1. The van der Waals surface area contributed by atoms with Gasteiger partial charge in [-0.25, -0.2) is 14.2 Å². The Morgan fingerprint density at radius 1 is 0.607 bits per heavy atom. The highest BCUT2D eigenvalue weighted by Crippen LogP contribution is 2.38. The van der Waals surface area contributed by atoms with Gasteiger partial charge in [0.2, 0.25) is 0 Å². The molecule has 0 bridgehead atoms. The number of hydrogen-bond donors (Lipinski definition) is 0. The summed E-state index contributed by atoms with van der Waals surface area (Å²) >= 11 is 0. The summed E-state index contributed by atoms with van der Waals surface area (Å²) in [4.78, 5) is 53.7. The van der Waals surface area contributed by atoms with Crippen LogP contribution in [0.3, 0.4) is 0 Å². The topological polar surface area (TPSA) is 173 Å². The Morgan fingerprint density at radius 2 is 1.12 bits per heavy atom. The van der Waals surface area contributed by atoms with Gasteiger partial charge >= 0.3 is 19.1 Å². The maximum atomic E-state index is 13.3. The van der Waals surface area contributed by atoms with Gasteiger partial charge in [-0.05, 0) is 202 Å². The van der Waals surface area contributed by atoms with E-state index >= 15 is 0 Å². The van der Waals surface area contributed by atoms with Gasteiger partial charge in [-0.15, -0.1) is 10.2 Å². The van der Waals surface area contributed by atoms with Crippen molar-refractivity contribution in [3.05, 3.63) is 187 Å². The Balaban J connectivity index is 0.000000174. The van der Waals surface area contributed by atoms with Crippen molar-refractivity contribution in [2.75, 3.05) is 27.3 Å². The van der Waals surface area contributed by atoms with Crippen molar-refractivity contribution in [1.82, 2.24) is 39.8 Å². The molecule has 0 aliphatic carbocycles. The van der Waals surface area contributed by atoms with Gasteiger partial charge in [0.15, 0.2) is 0 Å². The molecule has 6 aromatic carbocycles. The lowest BCUT2D eigenvalue weighted by atomic mass is 9.77. The Bertz CT molecular complexity index is 3830. The van der Waals surface area contributed by atoms with Crippen LogP contribution < -0.4 is 5.46 Å². The van der Waals surface area contributed by atoms with Crippen LogP contribution in [0.1, 0.15) is 141 Å². The number of hydrogen-bond acceptors (Lipinski definition) is 12. The number of amides is 2. The molecule has 11 rings (SSSR count). The molecule has 8 aromatic rings. The quantitative estimate of drug-likeness (QED) is 0.0762. The second-order valence-electron chi connectivity index (χ2n) is 23.1. The van der Waals surface area contributed by atoms with E-state index in [1.54, 1.807) is 15.4 Å². The molecule has 0 spiro atoms. The van der Waals surface area contributed by atoms with Gasteiger partial charge in [0, 0.05) is 63.4 Å². The summed E-state index contributed by atoms with van der Waals surface area (Å²) in [7, 11) is 6.11. The van der Waals surface area contributed by atoms with Crippen LogP contribution >= 0.6 is 0 Å². The van der Waals surface area contributed by atoms with E-state index in [0.29, 0.717) is 19.6 Å². The molecule has 1 saturated heterocycles. The van der Waals surface area contributed by atoms with Crippen LogP contribution in [0.4, 0.5) is 0 Å². The average Bonchev–Trinajstić information content (AvgIpc) is 2.69. The molecule has 2 aromatic heterocycles. The normalized spacial score (nSPS) is 15.3. The summed E-state index contributed by atoms with van der Waals surface area (Å²) in [6.07, 6.45) is 5.00. The third-order valence-corrected chi connectivity index (χ3v) is 17.2. The lowest BCUT2D eigenvalue weighted by molar-refractivity contribution is -0.141. The highest BCUT2D eigenvalue weighted by Gasteiger charge is 2.52. The molecule has 16 nitrogen and oxygen atoms in total. The molecule has 1 atom stereocenters. The molecule has 1 fully saturated rings. The molecule has 84 heavy (non-hydrogen) atoms. The molecular weight excluding hydrogens is 1060 g/mol. The lowest BCUT2D eigenvalue weighted by Crippen LogP contribution is -2.41.